The number of ether oxygens (including phenoxy) is 2. The molecule has 34 heavy (non-hydrogen) atoms. The van der Waals surface area contributed by atoms with Crippen LogP contribution in [0.1, 0.15) is 48.5 Å². The highest BCUT2D eigenvalue weighted by Crippen LogP contribution is 2.33. The number of hydrogen-bond acceptors (Lipinski definition) is 5. The van der Waals surface area contributed by atoms with E-state index in [-0.39, 0.29) is 11.7 Å². The fourth-order valence-corrected chi connectivity index (χ4v) is 5.42. The average molecular weight is 464 g/mol. The molecule has 2 aliphatic carbocycles. The second kappa shape index (κ2) is 11.0. The van der Waals surface area contributed by atoms with Crippen LogP contribution in [-0.2, 0) is 22.4 Å². The van der Waals surface area contributed by atoms with Gasteiger partial charge in [-0.1, -0.05) is 36.4 Å². The van der Waals surface area contributed by atoms with Crippen LogP contribution in [0.15, 0.2) is 48.5 Å². The monoisotopic (exact) mass is 463 g/mol. The predicted octanol–water partition coefficient (Wildman–Crippen LogP) is 4.22. The Balaban J connectivity index is 1.21. The normalized spacial score (nSPS) is 20.6. The molecule has 0 amide bonds. The fourth-order valence-electron chi connectivity index (χ4n) is 5.42. The van der Waals surface area contributed by atoms with Gasteiger partial charge in [0.1, 0.15) is 11.5 Å². The number of aliphatic hydroxyl groups is 1. The number of benzene rings is 2. The van der Waals surface area contributed by atoms with Gasteiger partial charge in [-0.25, -0.2) is 0 Å². The lowest BCUT2D eigenvalue weighted by atomic mass is 9.87. The minimum Gasteiger partial charge on any atom is -0.493 e. The molecule has 1 N–H and O–H groups in total. The fraction of sp³-hybridized carbons (Fsp3) is 0.552. The van der Waals surface area contributed by atoms with Gasteiger partial charge in [-0.3, -0.25) is 9.69 Å². The van der Waals surface area contributed by atoms with Gasteiger partial charge >= 0.3 is 0 Å². The maximum atomic E-state index is 13.2. The van der Waals surface area contributed by atoms with Gasteiger partial charge in [0.05, 0.1) is 25.9 Å². The van der Waals surface area contributed by atoms with Gasteiger partial charge in [0.2, 0.25) is 0 Å². The summed E-state index contributed by atoms with van der Waals surface area (Å²) in [6.07, 6.45) is 4.83. The van der Waals surface area contributed by atoms with Crippen LogP contribution >= 0.6 is 0 Å². The zero-order valence-corrected chi connectivity index (χ0v) is 20.0. The number of carbonyl (C=O) groups excluding carboxylic acids is 1. The van der Waals surface area contributed by atoms with E-state index in [4.69, 9.17) is 9.47 Å². The summed E-state index contributed by atoms with van der Waals surface area (Å²) in [7, 11) is 0. The largest absolute Gasteiger partial charge is 0.493 e. The highest BCUT2D eigenvalue weighted by molar-refractivity contribution is 5.79. The van der Waals surface area contributed by atoms with E-state index in [1.54, 1.807) is 0 Å². The lowest BCUT2D eigenvalue weighted by molar-refractivity contribution is -0.122. The maximum Gasteiger partial charge on any atom is 0.133 e. The first kappa shape index (κ1) is 23.5. The first-order valence-corrected chi connectivity index (χ1v) is 12.9. The smallest absolute Gasteiger partial charge is 0.133 e. The van der Waals surface area contributed by atoms with Crippen molar-refractivity contribution in [3.8, 4) is 5.75 Å². The number of aliphatic hydroxyl groups excluding tert-OH is 1. The summed E-state index contributed by atoms with van der Waals surface area (Å²) < 4.78 is 11.4. The Morgan fingerprint density at radius 2 is 1.68 bits per heavy atom. The Kier molecular flexibility index (Phi) is 7.63. The molecule has 2 aromatic carbocycles. The van der Waals surface area contributed by atoms with Crippen molar-refractivity contribution in [2.24, 2.45) is 17.8 Å². The Morgan fingerprint density at radius 1 is 1.00 bits per heavy atom. The van der Waals surface area contributed by atoms with E-state index in [9.17, 15) is 9.90 Å². The van der Waals surface area contributed by atoms with E-state index >= 15 is 0 Å². The summed E-state index contributed by atoms with van der Waals surface area (Å²) >= 11 is 0. The molecular weight excluding hydrogens is 426 g/mol. The Bertz CT molecular complexity index is 924. The second-order valence-electron chi connectivity index (χ2n) is 10.4. The van der Waals surface area contributed by atoms with Crippen molar-refractivity contribution < 1.29 is 19.4 Å². The van der Waals surface area contributed by atoms with E-state index in [1.165, 1.54) is 24.0 Å². The number of hydrogen-bond donors (Lipinski definition) is 1. The van der Waals surface area contributed by atoms with Crippen LogP contribution in [0.2, 0.25) is 0 Å². The lowest BCUT2D eigenvalue weighted by Crippen LogP contribution is -2.41. The van der Waals surface area contributed by atoms with Gasteiger partial charge in [-0.05, 0) is 66.3 Å². The Morgan fingerprint density at radius 3 is 2.32 bits per heavy atom. The van der Waals surface area contributed by atoms with Crippen molar-refractivity contribution in [2.45, 2.75) is 44.6 Å². The average Bonchev–Trinajstić information content (AvgIpc) is 3.60. The summed E-state index contributed by atoms with van der Waals surface area (Å²) in [5, 5.41) is 11.3. The predicted molar refractivity (Wildman–Crippen MR) is 132 cm³/mol. The van der Waals surface area contributed by atoms with Crippen LogP contribution in [0.25, 0.3) is 0 Å². The first-order valence-electron chi connectivity index (χ1n) is 12.9. The Labute approximate surface area is 203 Å². The van der Waals surface area contributed by atoms with Crippen molar-refractivity contribution in [2.75, 3.05) is 39.5 Å². The molecule has 0 aromatic heterocycles. The molecule has 0 radical (unpaired) electrons. The molecule has 1 saturated heterocycles. The molecule has 3 aliphatic rings. The number of carbonyl (C=O) groups is 1. The molecule has 5 rings (SSSR count). The number of nitrogens with zero attached hydrogens (tertiary/aromatic N) is 1. The summed E-state index contributed by atoms with van der Waals surface area (Å²) in [6, 6.07) is 16.3. The van der Waals surface area contributed by atoms with Crippen LogP contribution in [0.5, 0.6) is 5.75 Å². The summed E-state index contributed by atoms with van der Waals surface area (Å²) in [5.74, 6) is 2.08. The molecule has 182 valence electrons. The minimum atomic E-state index is -0.676. The van der Waals surface area contributed by atoms with E-state index in [0.29, 0.717) is 44.4 Å². The number of rotatable bonds is 11. The molecule has 0 spiro atoms. The zero-order chi connectivity index (χ0) is 23.3. The molecular formula is C29H37NO4. The van der Waals surface area contributed by atoms with Gasteiger partial charge in [0, 0.05) is 38.4 Å². The van der Waals surface area contributed by atoms with Crippen LogP contribution < -0.4 is 4.74 Å². The first-order chi connectivity index (χ1) is 16.6. The van der Waals surface area contributed by atoms with Crippen molar-refractivity contribution in [1.82, 2.24) is 4.90 Å². The van der Waals surface area contributed by atoms with E-state index < -0.39 is 6.10 Å². The zero-order valence-electron chi connectivity index (χ0n) is 20.0. The molecule has 2 atom stereocenters. The molecule has 0 bridgehead atoms. The summed E-state index contributed by atoms with van der Waals surface area (Å²) in [5.41, 5.74) is 3.63. The minimum absolute atomic E-state index is 0.132. The topological polar surface area (TPSA) is 59.0 Å². The molecule has 1 aliphatic heterocycles. The van der Waals surface area contributed by atoms with Crippen molar-refractivity contribution in [3.63, 3.8) is 0 Å². The maximum absolute atomic E-state index is 13.2. The summed E-state index contributed by atoms with van der Waals surface area (Å²) in [6.45, 7) is 4.61. The van der Waals surface area contributed by atoms with Gasteiger partial charge in [0.15, 0.2) is 0 Å². The highest BCUT2D eigenvalue weighted by Gasteiger charge is 2.29. The van der Waals surface area contributed by atoms with Crippen LogP contribution in [0.4, 0.5) is 0 Å². The SMILES string of the molecule is O=C(CC1Cc2ccccc2C1)C[C@H](CN1CCOCC1)[C@H](O)c1ccc(OCC2CC2)cc1. The van der Waals surface area contributed by atoms with Crippen molar-refractivity contribution in [3.05, 3.63) is 65.2 Å². The molecule has 5 heteroatoms. The number of morpholine rings is 1. The molecule has 2 fully saturated rings. The van der Waals surface area contributed by atoms with Gasteiger partial charge < -0.3 is 14.6 Å². The second-order valence-corrected chi connectivity index (χ2v) is 10.4. The third-order valence-electron chi connectivity index (χ3n) is 7.59. The van der Waals surface area contributed by atoms with E-state index in [0.717, 1.165) is 43.9 Å². The van der Waals surface area contributed by atoms with E-state index in [2.05, 4.69) is 29.2 Å². The standard InChI is InChI=1S/C29H37NO4/c31-27(17-22-15-24-3-1-2-4-25(24)16-22)18-26(19-30-11-13-33-14-12-30)29(32)23-7-9-28(10-8-23)34-20-21-5-6-21/h1-4,7-10,21-22,26,29,32H,5-6,11-20H2/t26-,29-/m1/s1. The molecule has 1 heterocycles. The summed E-state index contributed by atoms with van der Waals surface area (Å²) in [4.78, 5) is 15.5. The molecule has 2 aromatic rings. The van der Waals surface area contributed by atoms with Gasteiger partial charge in [-0.15, -0.1) is 0 Å². The van der Waals surface area contributed by atoms with Crippen molar-refractivity contribution in [1.29, 1.82) is 0 Å². The van der Waals surface area contributed by atoms with Gasteiger partial charge in [-0.2, -0.15) is 0 Å². The molecule has 5 nitrogen and oxygen atoms in total. The van der Waals surface area contributed by atoms with Crippen LogP contribution in [0.3, 0.4) is 0 Å². The lowest BCUT2D eigenvalue weighted by Gasteiger charge is -2.32. The van der Waals surface area contributed by atoms with Crippen molar-refractivity contribution >= 4 is 5.78 Å². The highest BCUT2D eigenvalue weighted by atomic mass is 16.5. The third-order valence-corrected chi connectivity index (χ3v) is 7.59. The van der Waals surface area contributed by atoms with Crippen LogP contribution in [-0.4, -0.2) is 55.2 Å². The van der Waals surface area contributed by atoms with E-state index in [1.807, 2.05) is 24.3 Å². The number of ketones is 1. The Hall–Kier alpha value is -2.21. The third kappa shape index (κ3) is 6.26. The van der Waals surface area contributed by atoms with Crippen LogP contribution in [0, 0.1) is 17.8 Å². The number of fused-ring (bicyclic) bond motifs is 1. The molecule has 0 unspecified atom stereocenters. The molecule has 1 saturated carbocycles. The van der Waals surface area contributed by atoms with Gasteiger partial charge in [0.25, 0.3) is 0 Å². The quantitative estimate of drug-likeness (QED) is 0.541. The number of Topliss-reactive ketones (excluding diaryl/α,β-unsaturated/α-hetero) is 1.